The van der Waals surface area contributed by atoms with Gasteiger partial charge in [-0.05, 0) is 55.9 Å². The summed E-state index contributed by atoms with van der Waals surface area (Å²) in [5, 5.41) is 3.12. The van der Waals surface area contributed by atoms with E-state index in [9.17, 15) is 4.79 Å². The molecule has 3 aromatic rings. The number of fused-ring (bicyclic) bond motifs is 1. The van der Waals surface area contributed by atoms with Crippen LogP contribution in [0.3, 0.4) is 0 Å². The highest BCUT2D eigenvalue weighted by Crippen LogP contribution is 2.32. The van der Waals surface area contributed by atoms with Crippen molar-refractivity contribution in [3.63, 3.8) is 0 Å². The molecule has 2 amide bonds. The molecule has 2 aromatic carbocycles. The largest absolute Gasteiger partial charge is 0.355 e. The van der Waals surface area contributed by atoms with Gasteiger partial charge in [0, 0.05) is 31.4 Å². The fourth-order valence-corrected chi connectivity index (χ4v) is 5.21. The van der Waals surface area contributed by atoms with Crippen LogP contribution in [0, 0.1) is 5.92 Å². The zero-order valence-electron chi connectivity index (χ0n) is 18.5. The number of aromatic nitrogens is 2. The zero-order valence-corrected chi connectivity index (χ0v) is 18.5. The molecule has 3 heterocycles. The lowest BCUT2D eigenvalue weighted by molar-refractivity contribution is 0.146. The first-order valence-electron chi connectivity index (χ1n) is 11.9. The first kappa shape index (κ1) is 20.7. The molecule has 0 aliphatic carbocycles. The molecule has 0 spiro atoms. The summed E-state index contributed by atoms with van der Waals surface area (Å²) in [4.78, 5) is 27.1. The van der Waals surface area contributed by atoms with Gasteiger partial charge >= 0.3 is 6.03 Å². The molecule has 1 atom stereocenters. The van der Waals surface area contributed by atoms with Crippen LogP contribution in [0.1, 0.15) is 38.5 Å². The summed E-state index contributed by atoms with van der Waals surface area (Å²) in [6, 6.07) is 18.2. The number of anilines is 2. The summed E-state index contributed by atoms with van der Waals surface area (Å²) >= 11 is 0. The Hall–Kier alpha value is -3.15. The Morgan fingerprint density at radius 3 is 2.41 bits per heavy atom. The summed E-state index contributed by atoms with van der Waals surface area (Å²) in [7, 11) is 0. The maximum atomic E-state index is 13.2. The van der Waals surface area contributed by atoms with E-state index in [1.807, 2.05) is 60.8 Å². The maximum absolute atomic E-state index is 13.2. The lowest BCUT2D eigenvalue weighted by Gasteiger charge is -2.41. The average molecular weight is 430 g/mol. The summed E-state index contributed by atoms with van der Waals surface area (Å²) in [6.07, 6.45) is 8.65. The minimum absolute atomic E-state index is 0.0472. The number of likely N-dealkylation sites (tertiary alicyclic amines) is 1. The number of piperidine rings is 1. The fourth-order valence-electron chi connectivity index (χ4n) is 5.21. The van der Waals surface area contributed by atoms with Gasteiger partial charge in [-0.1, -0.05) is 43.2 Å². The Labute approximate surface area is 189 Å². The molecule has 2 aliphatic rings. The van der Waals surface area contributed by atoms with E-state index < -0.39 is 0 Å². The van der Waals surface area contributed by atoms with Crippen molar-refractivity contribution in [1.29, 1.82) is 0 Å². The molecule has 6 nitrogen and oxygen atoms in total. The van der Waals surface area contributed by atoms with Crippen molar-refractivity contribution in [3.8, 4) is 0 Å². The van der Waals surface area contributed by atoms with E-state index in [0.717, 1.165) is 67.9 Å². The van der Waals surface area contributed by atoms with Crippen LogP contribution in [0.25, 0.3) is 11.0 Å². The summed E-state index contributed by atoms with van der Waals surface area (Å²) in [5.74, 6) is 1.49. The quantitative estimate of drug-likeness (QED) is 0.612. The van der Waals surface area contributed by atoms with Gasteiger partial charge in [-0.3, -0.25) is 4.98 Å². The zero-order chi connectivity index (χ0) is 21.8. The maximum Gasteiger partial charge on any atom is 0.322 e. The van der Waals surface area contributed by atoms with Crippen LogP contribution in [0.2, 0.25) is 0 Å². The minimum atomic E-state index is 0.0472. The molecule has 1 aromatic heterocycles. The summed E-state index contributed by atoms with van der Waals surface area (Å²) in [6.45, 7) is 2.77. The second kappa shape index (κ2) is 9.55. The predicted molar refractivity (Wildman–Crippen MR) is 129 cm³/mol. The van der Waals surface area contributed by atoms with Crippen LogP contribution in [0.15, 0.2) is 60.8 Å². The number of amides is 2. The Morgan fingerprint density at radius 2 is 1.59 bits per heavy atom. The number of hydrogen-bond donors (Lipinski definition) is 1. The van der Waals surface area contributed by atoms with Gasteiger partial charge in [0.15, 0.2) is 0 Å². The number of hydrogen-bond acceptors (Lipinski definition) is 4. The van der Waals surface area contributed by atoms with Crippen molar-refractivity contribution in [2.75, 3.05) is 29.9 Å². The molecule has 6 heteroatoms. The van der Waals surface area contributed by atoms with E-state index in [1.54, 1.807) is 0 Å². The number of urea groups is 1. The molecule has 1 N–H and O–H groups in total. The van der Waals surface area contributed by atoms with Crippen LogP contribution < -0.4 is 10.2 Å². The summed E-state index contributed by atoms with van der Waals surface area (Å²) in [5.41, 5.74) is 2.74. The number of para-hydroxylation sites is 3. The molecule has 166 valence electrons. The molecule has 0 radical (unpaired) electrons. The number of rotatable bonds is 3. The lowest BCUT2D eigenvalue weighted by Crippen LogP contribution is -2.49. The van der Waals surface area contributed by atoms with Crippen molar-refractivity contribution in [1.82, 2.24) is 14.9 Å². The Morgan fingerprint density at radius 1 is 0.844 bits per heavy atom. The van der Waals surface area contributed by atoms with Crippen LogP contribution in [0.5, 0.6) is 0 Å². The highest BCUT2D eigenvalue weighted by atomic mass is 16.2. The fraction of sp³-hybridized carbons (Fsp3) is 0.423. The van der Waals surface area contributed by atoms with Crippen LogP contribution >= 0.6 is 0 Å². The van der Waals surface area contributed by atoms with E-state index in [-0.39, 0.29) is 6.03 Å². The number of carbonyl (C=O) groups is 1. The monoisotopic (exact) mass is 429 g/mol. The van der Waals surface area contributed by atoms with Crippen LogP contribution in [0.4, 0.5) is 16.3 Å². The molecule has 2 saturated heterocycles. The Bertz CT molecular complexity index is 1050. The predicted octanol–water partition coefficient (Wildman–Crippen LogP) is 5.32. The Balaban J connectivity index is 1.26. The molecule has 0 bridgehead atoms. The topological polar surface area (TPSA) is 61.4 Å². The SMILES string of the molecule is O=C(Nc1ccccc1)N1CCCCC[C@H]1C1CCN(c2cnc3ccccc3n2)CC1. The highest BCUT2D eigenvalue weighted by molar-refractivity contribution is 5.89. The molecule has 5 rings (SSSR count). The number of nitrogens with zero attached hydrogens (tertiary/aromatic N) is 4. The Kier molecular flexibility index (Phi) is 6.19. The van der Waals surface area contributed by atoms with Gasteiger partial charge in [0.25, 0.3) is 0 Å². The van der Waals surface area contributed by atoms with E-state index in [2.05, 4.69) is 20.1 Å². The number of nitrogens with one attached hydrogen (secondary N) is 1. The second-order valence-electron chi connectivity index (χ2n) is 8.95. The van der Waals surface area contributed by atoms with Gasteiger partial charge in [0.2, 0.25) is 0 Å². The first-order chi connectivity index (χ1) is 15.8. The van der Waals surface area contributed by atoms with Crippen LogP contribution in [-0.4, -0.2) is 46.6 Å². The molecule has 32 heavy (non-hydrogen) atoms. The normalized spacial score (nSPS) is 20.2. The van der Waals surface area contributed by atoms with E-state index in [1.165, 1.54) is 12.8 Å². The van der Waals surface area contributed by atoms with E-state index >= 15 is 0 Å². The molecular weight excluding hydrogens is 398 g/mol. The van der Waals surface area contributed by atoms with Crippen molar-refractivity contribution < 1.29 is 4.79 Å². The standard InChI is InChI=1S/C26H31N5O/c32-26(28-21-9-3-1-4-10-21)31-16-8-2-5-13-24(31)20-14-17-30(18-15-20)25-19-27-22-11-6-7-12-23(22)29-25/h1,3-4,6-7,9-12,19-20,24H,2,5,8,13-18H2,(H,28,32)/t24-/m0/s1. The van der Waals surface area contributed by atoms with Gasteiger partial charge in [0.05, 0.1) is 17.2 Å². The van der Waals surface area contributed by atoms with E-state index in [4.69, 9.17) is 4.98 Å². The van der Waals surface area contributed by atoms with Crippen molar-refractivity contribution in [3.05, 3.63) is 60.8 Å². The smallest absolute Gasteiger partial charge is 0.322 e. The van der Waals surface area contributed by atoms with Gasteiger partial charge in [-0.2, -0.15) is 0 Å². The van der Waals surface area contributed by atoms with Crippen LogP contribution in [-0.2, 0) is 0 Å². The van der Waals surface area contributed by atoms with Crippen molar-refractivity contribution in [2.24, 2.45) is 5.92 Å². The average Bonchev–Trinajstić information content (AvgIpc) is 3.11. The number of benzene rings is 2. The van der Waals surface area contributed by atoms with Gasteiger partial charge in [0.1, 0.15) is 5.82 Å². The van der Waals surface area contributed by atoms with Crippen molar-refractivity contribution >= 4 is 28.6 Å². The second-order valence-corrected chi connectivity index (χ2v) is 8.95. The molecule has 2 fully saturated rings. The minimum Gasteiger partial charge on any atom is -0.355 e. The molecular formula is C26H31N5O. The third-order valence-corrected chi connectivity index (χ3v) is 6.93. The van der Waals surface area contributed by atoms with Gasteiger partial charge in [-0.25, -0.2) is 9.78 Å². The van der Waals surface area contributed by atoms with Gasteiger partial charge < -0.3 is 15.1 Å². The molecule has 2 aliphatic heterocycles. The van der Waals surface area contributed by atoms with E-state index in [0.29, 0.717) is 12.0 Å². The number of carbonyl (C=O) groups excluding carboxylic acids is 1. The molecule has 0 unspecified atom stereocenters. The van der Waals surface area contributed by atoms with Crippen molar-refractivity contribution in [2.45, 2.75) is 44.6 Å². The highest BCUT2D eigenvalue weighted by Gasteiger charge is 2.34. The first-order valence-corrected chi connectivity index (χ1v) is 11.9. The third-order valence-electron chi connectivity index (χ3n) is 6.93. The third kappa shape index (κ3) is 4.54. The summed E-state index contributed by atoms with van der Waals surface area (Å²) < 4.78 is 0. The lowest BCUT2D eigenvalue weighted by atomic mass is 9.86. The molecule has 0 saturated carbocycles. The van der Waals surface area contributed by atoms with Gasteiger partial charge in [-0.15, -0.1) is 0 Å².